The lowest BCUT2D eigenvalue weighted by Gasteiger charge is -2.25. The molecule has 0 rings (SSSR count). The molecule has 2 nitrogen and oxygen atoms in total. The first-order valence-electron chi connectivity index (χ1n) is 4.82. The minimum Gasteiger partial charge on any atom is -0.478 e. The molecule has 0 saturated heterocycles. The number of unbranched alkanes of at least 4 members (excludes halogenated alkanes) is 1. The van der Waals surface area contributed by atoms with E-state index in [9.17, 15) is 4.79 Å². The van der Waals surface area contributed by atoms with Gasteiger partial charge in [0, 0.05) is 6.08 Å². The van der Waals surface area contributed by atoms with Gasteiger partial charge < -0.3 is 5.11 Å². The topological polar surface area (TPSA) is 37.3 Å². The highest BCUT2D eigenvalue weighted by molar-refractivity contribution is 5.80. The molecule has 0 saturated carbocycles. The Morgan fingerprint density at radius 3 is 2.38 bits per heavy atom. The van der Waals surface area contributed by atoms with Gasteiger partial charge in [-0.1, -0.05) is 39.2 Å². The molecule has 0 aromatic carbocycles. The lowest BCUT2D eigenvalue weighted by Crippen LogP contribution is -2.14. The van der Waals surface area contributed by atoms with Crippen molar-refractivity contribution in [3.8, 4) is 0 Å². The number of allylic oxidation sites excluding steroid dienone is 1. The molecule has 2 heteroatoms. The fourth-order valence-corrected chi connectivity index (χ4v) is 1.20. The predicted octanol–water partition coefficient (Wildman–Crippen LogP) is 3.23. The predicted molar refractivity (Wildman–Crippen MR) is 54.7 cm³/mol. The van der Waals surface area contributed by atoms with Crippen LogP contribution in [0.5, 0.6) is 0 Å². The number of carbonyl (C=O) groups is 1. The molecule has 0 amide bonds. The monoisotopic (exact) mass is 184 g/mol. The van der Waals surface area contributed by atoms with Crippen molar-refractivity contribution >= 4 is 5.97 Å². The third-order valence-corrected chi connectivity index (χ3v) is 2.56. The molecule has 0 aliphatic heterocycles. The van der Waals surface area contributed by atoms with Crippen LogP contribution in [0.2, 0.25) is 0 Å². The molecule has 0 heterocycles. The highest BCUT2D eigenvalue weighted by Gasteiger charge is 2.19. The lowest BCUT2D eigenvalue weighted by atomic mass is 9.80. The Balaban J connectivity index is 4.34. The first kappa shape index (κ1) is 12.2. The summed E-state index contributed by atoms with van der Waals surface area (Å²) in [5, 5.41) is 8.60. The van der Waals surface area contributed by atoms with Gasteiger partial charge in [-0.25, -0.2) is 4.79 Å². The SMILES string of the molecule is CCCCC(C)(C)C(C)=CC(=O)O. The van der Waals surface area contributed by atoms with Gasteiger partial charge in [0.25, 0.3) is 0 Å². The summed E-state index contributed by atoms with van der Waals surface area (Å²) in [6.07, 6.45) is 4.68. The Morgan fingerprint density at radius 2 is 2.00 bits per heavy atom. The van der Waals surface area contributed by atoms with Crippen LogP contribution >= 0.6 is 0 Å². The Morgan fingerprint density at radius 1 is 1.46 bits per heavy atom. The zero-order valence-electron chi connectivity index (χ0n) is 9.05. The van der Waals surface area contributed by atoms with Crippen LogP contribution in [0.4, 0.5) is 0 Å². The minimum atomic E-state index is -0.845. The molecule has 0 radical (unpaired) electrons. The molecule has 0 spiro atoms. The van der Waals surface area contributed by atoms with Crippen LogP contribution in [0.3, 0.4) is 0 Å². The van der Waals surface area contributed by atoms with Crippen LogP contribution < -0.4 is 0 Å². The molecule has 0 atom stereocenters. The maximum atomic E-state index is 10.5. The Bertz CT molecular complexity index is 202. The van der Waals surface area contributed by atoms with E-state index in [4.69, 9.17) is 5.11 Å². The second-order valence-electron chi connectivity index (χ2n) is 4.15. The smallest absolute Gasteiger partial charge is 0.328 e. The van der Waals surface area contributed by atoms with Crippen LogP contribution in [-0.2, 0) is 4.79 Å². The molecule has 76 valence electrons. The maximum absolute atomic E-state index is 10.5. The van der Waals surface area contributed by atoms with Crippen molar-refractivity contribution in [3.05, 3.63) is 11.6 Å². The zero-order chi connectivity index (χ0) is 10.5. The average Bonchev–Trinajstić information content (AvgIpc) is 1.99. The third kappa shape index (κ3) is 4.71. The van der Waals surface area contributed by atoms with E-state index in [1.807, 2.05) is 6.92 Å². The quantitative estimate of drug-likeness (QED) is 0.666. The van der Waals surface area contributed by atoms with Gasteiger partial charge in [-0.2, -0.15) is 0 Å². The molecule has 0 aliphatic rings. The Hall–Kier alpha value is -0.790. The summed E-state index contributed by atoms with van der Waals surface area (Å²) in [7, 11) is 0. The molecule has 0 fully saturated rings. The third-order valence-electron chi connectivity index (χ3n) is 2.56. The summed E-state index contributed by atoms with van der Waals surface area (Å²) in [5.74, 6) is -0.845. The van der Waals surface area contributed by atoms with Gasteiger partial charge in [0.2, 0.25) is 0 Å². The van der Waals surface area contributed by atoms with Crippen molar-refractivity contribution in [2.75, 3.05) is 0 Å². The number of hydrogen-bond acceptors (Lipinski definition) is 1. The second-order valence-corrected chi connectivity index (χ2v) is 4.15. The standard InChI is InChI=1S/C11H20O2/c1-5-6-7-11(3,4)9(2)8-10(12)13/h8H,5-7H2,1-4H3,(H,12,13). The van der Waals surface area contributed by atoms with Gasteiger partial charge in [-0.3, -0.25) is 0 Å². The molecular formula is C11H20O2. The van der Waals surface area contributed by atoms with E-state index in [0.29, 0.717) is 0 Å². The summed E-state index contributed by atoms with van der Waals surface area (Å²) in [6.45, 7) is 8.23. The van der Waals surface area contributed by atoms with Crippen molar-refractivity contribution < 1.29 is 9.90 Å². The Kier molecular flexibility index (Phi) is 4.74. The van der Waals surface area contributed by atoms with E-state index < -0.39 is 5.97 Å². The van der Waals surface area contributed by atoms with Gasteiger partial charge in [0.15, 0.2) is 0 Å². The van der Waals surface area contributed by atoms with Gasteiger partial charge >= 0.3 is 5.97 Å². The number of aliphatic carboxylic acids is 1. The normalized spacial score (nSPS) is 13.1. The number of carboxylic acids is 1. The Labute approximate surface area is 80.7 Å². The molecular weight excluding hydrogens is 164 g/mol. The van der Waals surface area contributed by atoms with Crippen LogP contribution in [0.15, 0.2) is 11.6 Å². The van der Waals surface area contributed by atoms with E-state index >= 15 is 0 Å². The summed E-state index contributed by atoms with van der Waals surface area (Å²) in [5.41, 5.74) is 0.974. The van der Waals surface area contributed by atoms with E-state index in [0.717, 1.165) is 24.8 Å². The molecule has 0 bridgehead atoms. The zero-order valence-corrected chi connectivity index (χ0v) is 9.05. The van der Waals surface area contributed by atoms with Crippen LogP contribution in [0.1, 0.15) is 47.0 Å². The number of hydrogen-bond donors (Lipinski definition) is 1. The van der Waals surface area contributed by atoms with E-state index in [1.165, 1.54) is 6.08 Å². The maximum Gasteiger partial charge on any atom is 0.328 e. The van der Waals surface area contributed by atoms with E-state index in [1.54, 1.807) is 0 Å². The fourth-order valence-electron chi connectivity index (χ4n) is 1.20. The fraction of sp³-hybridized carbons (Fsp3) is 0.727. The molecule has 0 aromatic heterocycles. The highest BCUT2D eigenvalue weighted by Crippen LogP contribution is 2.31. The summed E-state index contributed by atoms with van der Waals surface area (Å²) in [4.78, 5) is 10.5. The summed E-state index contributed by atoms with van der Waals surface area (Å²) >= 11 is 0. The van der Waals surface area contributed by atoms with Crippen molar-refractivity contribution in [1.29, 1.82) is 0 Å². The van der Waals surface area contributed by atoms with Gasteiger partial charge in [-0.15, -0.1) is 0 Å². The first-order chi connectivity index (χ1) is 5.90. The summed E-state index contributed by atoms with van der Waals surface area (Å²) < 4.78 is 0. The molecule has 0 aliphatic carbocycles. The van der Waals surface area contributed by atoms with Crippen LogP contribution in [0.25, 0.3) is 0 Å². The molecule has 0 unspecified atom stereocenters. The largest absolute Gasteiger partial charge is 0.478 e. The number of rotatable bonds is 5. The van der Waals surface area contributed by atoms with Crippen molar-refractivity contribution in [2.24, 2.45) is 5.41 Å². The van der Waals surface area contributed by atoms with Gasteiger partial charge in [0.1, 0.15) is 0 Å². The van der Waals surface area contributed by atoms with E-state index in [2.05, 4.69) is 20.8 Å². The van der Waals surface area contributed by atoms with Crippen molar-refractivity contribution in [1.82, 2.24) is 0 Å². The highest BCUT2D eigenvalue weighted by atomic mass is 16.4. The van der Waals surface area contributed by atoms with Gasteiger partial charge in [0.05, 0.1) is 0 Å². The van der Waals surface area contributed by atoms with Crippen LogP contribution in [0, 0.1) is 5.41 Å². The summed E-state index contributed by atoms with van der Waals surface area (Å²) in [6, 6.07) is 0. The van der Waals surface area contributed by atoms with Crippen molar-refractivity contribution in [2.45, 2.75) is 47.0 Å². The minimum absolute atomic E-state index is 0.0222. The molecule has 1 N–H and O–H groups in total. The van der Waals surface area contributed by atoms with Gasteiger partial charge in [-0.05, 0) is 18.8 Å². The van der Waals surface area contributed by atoms with Crippen molar-refractivity contribution in [3.63, 3.8) is 0 Å². The number of carboxylic acid groups (broad SMARTS) is 1. The molecule has 0 aromatic rings. The average molecular weight is 184 g/mol. The first-order valence-corrected chi connectivity index (χ1v) is 4.82. The van der Waals surface area contributed by atoms with E-state index in [-0.39, 0.29) is 5.41 Å². The lowest BCUT2D eigenvalue weighted by molar-refractivity contribution is -0.131. The van der Waals surface area contributed by atoms with Crippen LogP contribution in [-0.4, -0.2) is 11.1 Å². The molecule has 13 heavy (non-hydrogen) atoms. The second kappa shape index (κ2) is 5.05.